The molecule has 0 saturated carbocycles. The minimum absolute atomic E-state index is 0.111. The topological polar surface area (TPSA) is 115 Å². The van der Waals surface area contributed by atoms with E-state index in [0.717, 1.165) is 0 Å². The number of hydrogen-bond donors (Lipinski definition) is 1. The molecule has 1 N–H and O–H groups in total. The van der Waals surface area contributed by atoms with Gasteiger partial charge in [0.05, 0.1) is 43.8 Å². The zero-order valence-corrected chi connectivity index (χ0v) is 15.4. The number of methoxy groups -OCH3 is 1. The summed E-state index contributed by atoms with van der Waals surface area (Å²) in [5.41, 5.74) is 1.10. The number of benzene rings is 1. The number of esters is 3. The standard InChI is InChI=1S/C19H22N2O6/c1-4-26-17(22)13-14(18(23)27-5-2)16(19(24)25-3)21-15(13)12-8-6-11(10-20)7-9-12/h6-9,13-16,21H,4-5H2,1-3H3/t13-,14+,15-,16-/m0/s1. The van der Waals surface area contributed by atoms with E-state index in [4.69, 9.17) is 19.5 Å². The SMILES string of the molecule is CCOC(=O)[C@@H]1[C@H](C(=O)OCC)[C@H](c2ccc(C#N)cc2)N[C@@H]1C(=O)OC. The number of nitrogens with one attached hydrogen (secondary N) is 1. The zero-order valence-electron chi connectivity index (χ0n) is 15.4. The third-order valence-corrected chi connectivity index (χ3v) is 4.44. The second-order valence-electron chi connectivity index (χ2n) is 5.93. The van der Waals surface area contributed by atoms with Gasteiger partial charge in [0.15, 0.2) is 0 Å². The molecule has 1 fully saturated rings. The van der Waals surface area contributed by atoms with Crippen LogP contribution in [0.4, 0.5) is 0 Å². The van der Waals surface area contributed by atoms with Crippen molar-refractivity contribution < 1.29 is 28.6 Å². The molecule has 0 bridgehead atoms. The molecule has 0 unspecified atom stereocenters. The molecule has 0 spiro atoms. The first kappa shape index (κ1) is 20.4. The highest BCUT2D eigenvalue weighted by atomic mass is 16.5. The average Bonchev–Trinajstić information content (AvgIpc) is 3.08. The summed E-state index contributed by atoms with van der Waals surface area (Å²) in [6.07, 6.45) is 0. The molecule has 0 radical (unpaired) electrons. The van der Waals surface area contributed by atoms with Gasteiger partial charge in [-0.05, 0) is 31.5 Å². The molecule has 8 nitrogen and oxygen atoms in total. The molecule has 1 aromatic carbocycles. The van der Waals surface area contributed by atoms with Crippen molar-refractivity contribution in [1.82, 2.24) is 5.32 Å². The summed E-state index contributed by atoms with van der Waals surface area (Å²) in [6.45, 7) is 3.55. The van der Waals surface area contributed by atoms with Gasteiger partial charge in [-0.25, -0.2) is 0 Å². The molecule has 2 rings (SSSR count). The predicted molar refractivity (Wildman–Crippen MR) is 93.1 cm³/mol. The summed E-state index contributed by atoms with van der Waals surface area (Å²) in [5, 5.41) is 12.0. The van der Waals surface area contributed by atoms with Gasteiger partial charge < -0.3 is 14.2 Å². The van der Waals surface area contributed by atoms with E-state index >= 15 is 0 Å². The molecular weight excluding hydrogens is 352 g/mol. The summed E-state index contributed by atoms with van der Waals surface area (Å²) >= 11 is 0. The lowest BCUT2D eigenvalue weighted by molar-refractivity contribution is -0.162. The second-order valence-corrected chi connectivity index (χ2v) is 5.93. The van der Waals surface area contributed by atoms with E-state index in [9.17, 15) is 14.4 Å². The van der Waals surface area contributed by atoms with Crippen molar-refractivity contribution in [2.75, 3.05) is 20.3 Å². The third-order valence-electron chi connectivity index (χ3n) is 4.44. The molecule has 1 heterocycles. The first-order valence-corrected chi connectivity index (χ1v) is 8.65. The number of ether oxygens (including phenoxy) is 3. The smallest absolute Gasteiger partial charge is 0.323 e. The molecule has 144 valence electrons. The summed E-state index contributed by atoms with van der Waals surface area (Å²) in [4.78, 5) is 37.5. The Morgan fingerprint density at radius 1 is 1.00 bits per heavy atom. The summed E-state index contributed by atoms with van der Waals surface area (Å²) in [5.74, 6) is -4.00. The first-order chi connectivity index (χ1) is 13.0. The summed E-state index contributed by atoms with van der Waals surface area (Å²) in [6, 6.07) is 6.84. The van der Waals surface area contributed by atoms with Crippen LogP contribution in [-0.4, -0.2) is 44.3 Å². The molecule has 1 aliphatic heterocycles. The van der Waals surface area contributed by atoms with Crippen molar-refractivity contribution in [3.05, 3.63) is 35.4 Å². The van der Waals surface area contributed by atoms with Gasteiger partial charge in [-0.1, -0.05) is 12.1 Å². The minimum Gasteiger partial charge on any atom is -0.468 e. The number of rotatable bonds is 6. The Labute approximate surface area is 157 Å². The van der Waals surface area contributed by atoms with Crippen molar-refractivity contribution in [3.63, 3.8) is 0 Å². The highest BCUT2D eigenvalue weighted by molar-refractivity contribution is 5.91. The van der Waals surface area contributed by atoms with Gasteiger partial charge in [0, 0.05) is 6.04 Å². The average molecular weight is 374 g/mol. The van der Waals surface area contributed by atoms with Crippen LogP contribution in [0.5, 0.6) is 0 Å². The highest BCUT2D eigenvalue weighted by Crippen LogP contribution is 2.39. The number of carbonyl (C=O) groups is 3. The van der Waals surface area contributed by atoms with Gasteiger partial charge in [0.1, 0.15) is 6.04 Å². The van der Waals surface area contributed by atoms with Crippen LogP contribution in [0.3, 0.4) is 0 Å². The van der Waals surface area contributed by atoms with Gasteiger partial charge in [0.25, 0.3) is 0 Å². The molecule has 4 atom stereocenters. The largest absolute Gasteiger partial charge is 0.468 e. The molecule has 1 aromatic rings. The Hall–Kier alpha value is -2.92. The molecule has 1 saturated heterocycles. The van der Waals surface area contributed by atoms with Crippen molar-refractivity contribution in [1.29, 1.82) is 5.26 Å². The van der Waals surface area contributed by atoms with Crippen molar-refractivity contribution in [2.24, 2.45) is 11.8 Å². The van der Waals surface area contributed by atoms with Crippen LogP contribution < -0.4 is 5.32 Å². The highest BCUT2D eigenvalue weighted by Gasteiger charge is 2.55. The van der Waals surface area contributed by atoms with E-state index in [1.165, 1.54) is 7.11 Å². The van der Waals surface area contributed by atoms with E-state index in [1.807, 2.05) is 6.07 Å². The lowest BCUT2D eigenvalue weighted by atomic mass is 9.84. The van der Waals surface area contributed by atoms with E-state index in [0.29, 0.717) is 11.1 Å². The van der Waals surface area contributed by atoms with E-state index in [-0.39, 0.29) is 13.2 Å². The number of carbonyl (C=O) groups excluding carboxylic acids is 3. The molecular formula is C19H22N2O6. The number of nitriles is 1. The number of hydrogen-bond acceptors (Lipinski definition) is 8. The van der Waals surface area contributed by atoms with Crippen LogP contribution in [0.2, 0.25) is 0 Å². The van der Waals surface area contributed by atoms with Crippen LogP contribution in [0, 0.1) is 23.2 Å². The van der Waals surface area contributed by atoms with Gasteiger partial charge in [-0.15, -0.1) is 0 Å². The Morgan fingerprint density at radius 2 is 1.56 bits per heavy atom. The third kappa shape index (κ3) is 4.26. The van der Waals surface area contributed by atoms with Crippen LogP contribution in [-0.2, 0) is 28.6 Å². The Morgan fingerprint density at radius 3 is 2.04 bits per heavy atom. The van der Waals surface area contributed by atoms with Crippen LogP contribution in [0.1, 0.15) is 31.0 Å². The molecule has 0 aliphatic carbocycles. The zero-order chi connectivity index (χ0) is 20.0. The maximum atomic E-state index is 12.7. The molecule has 27 heavy (non-hydrogen) atoms. The van der Waals surface area contributed by atoms with E-state index in [2.05, 4.69) is 5.32 Å². The molecule has 1 aliphatic rings. The van der Waals surface area contributed by atoms with Crippen molar-refractivity contribution >= 4 is 17.9 Å². The Balaban J connectivity index is 2.49. The van der Waals surface area contributed by atoms with E-state index < -0.39 is 41.8 Å². The van der Waals surface area contributed by atoms with Gasteiger partial charge in [0.2, 0.25) is 0 Å². The Bertz CT molecular complexity index is 740. The van der Waals surface area contributed by atoms with Gasteiger partial charge in [-0.2, -0.15) is 5.26 Å². The minimum atomic E-state index is -1.09. The predicted octanol–water partition coefficient (Wildman–Crippen LogP) is 1.10. The quantitative estimate of drug-likeness (QED) is 0.581. The first-order valence-electron chi connectivity index (χ1n) is 8.65. The van der Waals surface area contributed by atoms with Gasteiger partial charge in [-0.3, -0.25) is 19.7 Å². The lowest BCUT2D eigenvalue weighted by Crippen LogP contribution is -2.42. The van der Waals surface area contributed by atoms with Crippen LogP contribution in [0.15, 0.2) is 24.3 Å². The molecule has 0 aromatic heterocycles. The van der Waals surface area contributed by atoms with Crippen molar-refractivity contribution in [2.45, 2.75) is 25.9 Å². The lowest BCUT2D eigenvalue weighted by Gasteiger charge is -2.22. The summed E-state index contributed by atoms with van der Waals surface area (Å²) < 4.78 is 15.0. The fourth-order valence-corrected chi connectivity index (χ4v) is 3.27. The second kappa shape index (κ2) is 9.14. The van der Waals surface area contributed by atoms with Crippen LogP contribution >= 0.6 is 0 Å². The van der Waals surface area contributed by atoms with Crippen LogP contribution in [0.25, 0.3) is 0 Å². The maximum Gasteiger partial charge on any atom is 0.323 e. The molecule has 8 heteroatoms. The summed E-state index contributed by atoms with van der Waals surface area (Å²) in [7, 11) is 1.21. The Kier molecular flexibility index (Phi) is 6.91. The van der Waals surface area contributed by atoms with Gasteiger partial charge >= 0.3 is 17.9 Å². The fraction of sp³-hybridized carbons (Fsp3) is 0.474. The fourth-order valence-electron chi connectivity index (χ4n) is 3.27. The van der Waals surface area contributed by atoms with Crippen molar-refractivity contribution in [3.8, 4) is 6.07 Å². The van der Waals surface area contributed by atoms with E-state index in [1.54, 1.807) is 38.1 Å². The maximum absolute atomic E-state index is 12.7. The normalized spacial score (nSPS) is 23.9. The molecule has 0 amide bonds. The monoisotopic (exact) mass is 374 g/mol. The number of nitrogens with zero attached hydrogens (tertiary/aromatic N) is 1.